The van der Waals surface area contributed by atoms with Crippen LogP contribution in [0.25, 0.3) is 0 Å². The predicted octanol–water partition coefficient (Wildman–Crippen LogP) is 1.43. The van der Waals surface area contributed by atoms with E-state index in [2.05, 4.69) is 33.9 Å². The fourth-order valence-corrected chi connectivity index (χ4v) is 2.97. The van der Waals surface area contributed by atoms with E-state index >= 15 is 0 Å². The Balaban J connectivity index is 1.76. The number of carbonyl (C=O) groups excluding carboxylic acids is 1. The number of hydrogen-bond donors (Lipinski definition) is 1. The van der Waals surface area contributed by atoms with Gasteiger partial charge in [-0.05, 0) is 12.3 Å². The van der Waals surface area contributed by atoms with E-state index < -0.39 is 0 Å². The number of hydrogen-bond acceptors (Lipinski definition) is 5. The Labute approximate surface area is 125 Å². The normalized spacial score (nSPS) is 17.2. The van der Waals surface area contributed by atoms with Crippen molar-refractivity contribution in [3.63, 3.8) is 0 Å². The van der Waals surface area contributed by atoms with Crippen LogP contribution < -0.4 is 10.2 Å². The summed E-state index contributed by atoms with van der Waals surface area (Å²) in [5, 5.41) is 6.09. The topological polar surface area (TPSA) is 48.5 Å². The van der Waals surface area contributed by atoms with Gasteiger partial charge in [-0.25, -0.2) is 4.98 Å². The summed E-state index contributed by atoms with van der Waals surface area (Å²) in [5.74, 6) is 0.643. The van der Waals surface area contributed by atoms with Crippen LogP contribution in [-0.4, -0.2) is 55.1 Å². The van der Waals surface area contributed by atoms with Crippen molar-refractivity contribution in [1.82, 2.24) is 15.2 Å². The summed E-state index contributed by atoms with van der Waals surface area (Å²) < 4.78 is 0. The lowest BCUT2D eigenvalue weighted by molar-refractivity contribution is -0.122. The SMILES string of the molecule is CC(C)CNC(=O)CN1CCCN(c2nccs2)CC1. The first-order chi connectivity index (χ1) is 9.65. The second kappa shape index (κ2) is 7.59. The van der Waals surface area contributed by atoms with Crippen LogP contribution in [0, 0.1) is 5.92 Å². The quantitative estimate of drug-likeness (QED) is 0.893. The zero-order valence-corrected chi connectivity index (χ0v) is 13.2. The molecule has 1 aliphatic rings. The molecule has 1 aromatic rings. The third-order valence-electron chi connectivity index (χ3n) is 3.35. The third-order valence-corrected chi connectivity index (χ3v) is 4.19. The molecule has 6 heteroatoms. The largest absolute Gasteiger partial charge is 0.355 e. The number of nitrogens with zero attached hydrogens (tertiary/aromatic N) is 3. The molecule has 0 atom stereocenters. The highest BCUT2D eigenvalue weighted by molar-refractivity contribution is 7.13. The Morgan fingerprint density at radius 1 is 1.40 bits per heavy atom. The summed E-state index contributed by atoms with van der Waals surface area (Å²) in [6, 6.07) is 0. The van der Waals surface area contributed by atoms with Crippen LogP contribution in [0.1, 0.15) is 20.3 Å². The van der Waals surface area contributed by atoms with Crippen LogP contribution >= 0.6 is 11.3 Å². The predicted molar refractivity (Wildman–Crippen MR) is 83.2 cm³/mol. The van der Waals surface area contributed by atoms with Gasteiger partial charge in [0.05, 0.1) is 6.54 Å². The summed E-state index contributed by atoms with van der Waals surface area (Å²) in [4.78, 5) is 20.8. The number of thiazole rings is 1. The molecule has 1 amide bonds. The van der Waals surface area contributed by atoms with Crippen molar-refractivity contribution in [3.05, 3.63) is 11.6 Å². The molecule has 0 aliphatic carbocycles. The average Bonchev–Trinajstić information content (AvgIpc) is 2.84. The van der Waals surface area contributed by atoms with Crippen molar-refractivity contribution in [2.75, 3.05) is 44.2 Å². The molecule has 0 saturated carbocycles. The lowest BCUT2D eigenvalue weighted by Gasteiger charge is -2.21. The summed E-state index contributed by atoms with van der Waals surface area (Å²) in [5.41, 5.74) is 0. The van der Waals surface area contributed by atoms with Crippen molar-refractivity contribution >= 4 is 22.4 Å². The average molecular weight is 296 g/mol. The highest BCUT2D eigenvalue weighted by Crippen LogP contribution is 2.18. The summed E-state index contributed by atoms with van der Waals surface area (Å²) in [7, 11) is 0. The van der Waals surface area contributed by atoms with E-state index in [4.69, 9.17) is 0 Å². The molecule has 1 N–H and O–H groups in total. The molecule has 0 aromatic carbocycles. The zero-order valence-electron chi connectivity index (χ0n) is 12.3. The van der Waals surface area contributed by atoms with Gasteiger partial charge in [-0.1, -0.05) is 13.8 Å². The molecule has 112 valence electrons. The highest BCUT2D eigenvalue weighted by Gasteiger charge is 2.18. The molecular formula is C14H24N4OS. The first kappa shape index (κ1) is 15.3. The maximum absolute atomic E-state index is 11.9. The van der Waals surface area contributed by atoms with Gasteiger partial charge in [0.1, 0.15) is 0 Å². The van der Waals surface area contributed by atoms with E-state index in [0.29, 0.717) is 12.5 Å². The molecule has 1 aromatic heterocycles. The summed E-state index contributed by atoms with van der Waals surface area (Å²) in [6.45, 7) is 9.38. The van der Waals surface area contributed by atoms with Crippen LogP contribution in [-0.2, 0) is 4.79 Å². The first-order valence-corrected chi connectivity index (χ1v) is 8.16. The molecule has 1 saturated heterocycles. The second-order valence-corrected chi connectivity index (χ2v) is 6.50. The molecule has 0 spiro atoms. The van der Waals surface area contributed by atoms with Gasteiger partial charge in [-0.15, -0.1) is 11.3 Å². The Morgan fingerprint density at radius 2 is 2.25 bits per heavy atom. The monoisotopic (exact) mass is 296 g/mol. The van der Waals surface area contributed by atoms with E-state index in [1.165, 1.54) is 0 Å². The van der Waals surface area contributed by atoms with Crippen molar-refractivity contribution in [3.8, 4) is 0 Å². The van der Waals surface area contributed by atoms with Gasteiger partial charge in [0, 0.05) is 44.3 Å². The Kier molecular flexibility index (Phi) is 5.79. The summed E-state index contributed by atoms with van der Waals surface area (Å²) >= 11 is 1.68. The third kappa shape index (κ3) is 4.76. The van der Waals surface area contributed by atoms with Crippen LogP contribution in [0.15, 0.2) is 11.6 Å². The van der Waals surface area contributed by atoms with E-state index in [0.717, 1.165) is 44.3 Å². The van der Waals surface area contributed by atoms with Crippen molar-refractivity contribution in [2.24, 2.45) is 5.92 Å². The van der Waals surface area contributed by atoms with Crippen molar-refractivity contribution in [1.29, 1.82) is 0 Å². The Bertz CT molecular complexity index is 407. The van der Waals surface area contributed by atoms with Gasteiger partial charge in [-0.2, -0.15) is 0 Å². The minimum Gasteiger partial charge on any atom is -0.355 e. The molecule has 5 nitrogen and oxygen atoms in total. The zero-order chi connectivity index (χ0) is 14.4. The minimum atomic E-state index is 0.140. The number of nitrogens with one attached hydrogen (secondary N) is 1. The second-order valence-electron chi connectivity index (χ2n) is 5.63. The number of amides is 1. The molecule has 1 aliphatic heterocycles. The maximum atomic E-state index is 11.9. The minimum absolute atomic E-state index is 0.140. The summed E-state index contributed by atoms with van der Waals surface area (Å²) in [6.07, 6.45) is 2.93. The number of anilines is 1. The Hall–Kier alpha value is -1.14. The van der Waals surface area contributed by atoms with E-state index in [-0.39, 0.29) is 5.91 Å². The van der Waals surface area contributed by atoms with Gasteiger partial charge in [0.2, 0.25) is 5.91 Å². The molecule has 2 heterocycles. The van der Waals surface area contributed by atoms with Crippen molar-refractivity contribution in [2.45, 2.75) is 20.3 Å². The van der Waals surface area contributed by atoms with Gasteiger partial charge in [0.25, 0.3) is 0 Å². The molecule has 2 rings (SSSR count). The highest BCUT2D eigenvalue weighted by atomic mass is 32.1. The number of rotatable bonds is 5. The van der Waals surface area contributed by atoms with Crippen LogP contribution in [0.2, 0.25) is 0 Å². The lowest BCUT2D eigenvalue weighted by atomic mass is 10.2. The lowest BCUT2D eigenvalue weighted by Crippen LogP contribution is -2.40. The molecule has 0 bridgehead atoms. The standard InChI is InChI=1S/C14H24N4OS/c1-12(2)10-16-13(19)11-17-5-3-6-18(8-7-17)14-15-4-9-20-14/h4,9,12H,3,5-8,10-11H2,1-2H3,(H,16,19). The van der Waals surface area contributed by atoms with Gasteiger partial charge in [0.15, 0.2) is 5.13 Å². The fraction of sp³-hybridized carbons (Fsp3) is 0.714. The van der Waals surface area contributed by atoms with E-state index in [1.807, 2.05) is 11.6 Å². The van der Waals surface area contributed by atoms with Gasteiger partial charge < -0.3 is 10.2 Å². The van der Waals surface area contributed by atoms with Gasteiger partial charge in [-0.3, -0.25) is 9.69 Å². The van der Waals surface area contributed by atoms with Crippen LogP contribution in [0.5, 0.6) is 0 Å². The molecule has 1 fully saturated rings. The number of aromatic nitrogens is 1. The number of carbonyl (C=O) groups is 1. The van der Waals surface area contributed by atoms with E-state index in [1.54, 1.807) is 11.3 Å². The molecule has 0 radical (unpaired) electrons. The fourth-order valence-electron chi connectivity index (χ4n) is 2.27. The Morgan fingerprint density at radius 3 is 2.95 bits per heavy atom. The molecule has 0 unspecified atom stereocenters. The van der Waals surface area contributed by atoms with Gasteiger partial charge >= 0.3 is 0 Å². The van der Waals surface area contributed by atoms with Crippen LogP contribution in [0.4, 0.5) is 5.13 Å². The van der Waals surface area contributed by atoms with Crippen LogP contribution in [0.3, 0.4) is 0 Å². The smallest absolute Gasteiger partial charge is 0.234 e. The first-order valence-electron chi connectivity index (χ1n) is 7.28. The molecular weight excluding hydrogens is 272 g/mol. The molecule has 20 heavy (non-hydrogen) atoms. The maximum Gasteiger partial charge on any atom is 0.234 e. The van der Waals surface area contributed by atoms with E-state index in [9.17, 15) is 4.79 Å². The van der Waals surface area contributed by atoms with Crippen molar-refractivity contribution < 1.29 is 4.79 Å².